The lowest BCUT2D eigenvalue weighted by Gasteiger charge is -2.41. The van der Waals surface area contributed by atoms with E-state index in [-0.39, 0.29) is 5.91 Å². The highest BCUT2D eigenvalue weighted by Gasteiger charge is 2.58. The monoisotopic (exact) mass is 433 g/mol. The van der Waals surface area contributed by atoms with Gasteiger partial charge >= 0.3 is 0 Å². The molecule has 150 valence electrons. The topological polar surface area (TPSA) is 35.6 Å². The van der Waals surface area contributed by atoms with Crippen LogP contribution in [0.5, 0.6) is 0 Å². The van der Waals surface area contributed by atoms with Crippen LogP contribution in [0.15, 0.2) is 78.9 Å². The van der Waals surface area contributed by atoms with Gasteiger partial charge in [-0.15, -0.1) is 0 Å². The molecule has 1 unspecified atom stereocenters. The zero-order valence-corrected chi connectivity index (χ0v) is 17.8. The van der Waals surface area contributed by atoms with E-state index in [1.807, 2.05) is 71.6 Å². The fraction of sp³-hybridized carbons (Fsp3) is 0.167. The lowest BCUT2D eigenvalue weighted by Crippen LogP contribution is -2.54. The van der Waals surface area contributed by atoms with Crippen molar-refractivity contribution in [3.63, 3.8) is 0 Å². The summed E-state index contributed by atoms with van der Waals surface area (Å²) < 4.78 is 0. The molecule has 0 aromatic heterocycles. The molecule has 0 bridgehead atoms. The predicted molar refractivity (Wildman–Crippen MR) is 122 cm³/mol. The molecule has 2 heterocycles. The molecule has 0 spiro atoms. The molecule has 1 saturated heterocycles. The van der Waals surface area contributed by atoms with Gasteiger partial charge in [-0.2, -0.15) is 0 Å². The Hall–Kier alpha value is -2.89. The number of fused-ring (bicyclic) bond motifs is 3. The third-order valence-corrected chi connectivity index (χ3v) is 6.50. The van der Waals surface area contributed by atoms with Crippen LogP contribution in [0.4, 0.5) is 0 Å². The Balaban J connectivity index is 1.58. The van der Waals surface area contributed by atoms with Gasteiger partial charge in [0.15, 0.2) is 10.8 Å². The molecule has 3 aromatic carbocycles. The molecule has 1 atom stereocenters. The van der Waals surface area contributed by atoms with E-state index in [2.05, 4.69) is 22.3 Å². The number of rotatable bonds is 3. The van der Waals surface area contributed by atoms with Crippen LogP contribution in [0.2, 0.25) is 5.02 Å². The van der Waals surface area contributed by atoms with Crippen LogP contribution in [0.3, 0.4) is 0 Å². The Morgan fingerprint density at radius 2 is 1.67 bits per heavy atom. The maximum absolute atomic E-state index is 13.3. The highest BCUT2D eigenvalue weighted by Crippen LogP contribution is 2.49. The molecule has 0 aliphatic carbocycles. The number of halogens is 1. The van der Waals surface area contributed by atoms with Crippen molar-refractivity contribution in [2.45, 2.75) is 12.2 Å². The van der Waals surface area contributed by atoms with Crippen molar-refractivity contribution in [1.82, 2.24) is 15.1 Å². The number of carbonyl (C=O) groups excluding carboxylic acids is 1. The minimum absolute atomic E-state index is 0.0360. The summed E-state index contributed by atoms with van der Waals surface area (Å²) in [5, 5.41) is 4.68. The van der Waals surface area contributed by atoms with Crippen LogP contribution in [-0.4, -0.2) is 33.9 Å². The van der Waals surface area contributed by atoms with E-state index in [1.54, 1.807) is 0 Å². The summed E-state index contributed by atoms with van der Waals surface area (Å²) >= 11 is 12.0. The number of carbonyl (C=O) groups is 1. The molecule has 2 aliphatic heterocycles. The number of benzene rings is 3. The molecule has 0 radical (unpaired) electrons. The second-order valence-corrected chi connectivity index (χ2v) is 8.30. The normalized spacial score (nSPS) is 19.6. The summed E-state index contributed by atoms with van der Waals surface area (Å²) in [4.78, 5) is 17.3. The summed E-state index contributed by atoms with van der Waals surface area (Å²) in [6.07, 6.45) is 0. The van der Waals surface area contributed by atoms with Crippen molar-refractivity contribution in [1.29, 1.82) is 0 Å². The first-order valence-corrected chi connectivity index (χ1v) is 10.7. The first-order valence-electron chi connectivity index (χ1n) is 9.89. The summed E-state index contributed by atoms with van der Waals surface area (Å²) in [6, 6.07) is 25.7. The van der Waals surface area contributed by atoms with Crippen LogP contribution < -0.4 is 5.32 Å². The highest BCUT2D eigenvalue weighted by molar-refractivity contribution is 7.80. The van der Waals surface area contributed by atoms with Gasteiger partial charge in [0.1, 0.15) is 0 Å². The molecular weight excluding hydrogens is 414 g/mol. The Bertz CT molecular complexity index is 1120. The number of hydrogen-bond acceptors (Lipinski definition) is 2. The molecule has 1 N–H and O–H groups in total. The molecule has 30 heavy (non-hydrogen) atoms. The van der Waals surface area contributed by atoms with Gasteiger partial charge in [0.05, 0.1) is 0 Å². The van der Waals surface area contributed by atoms with Crippen LogP contribution in [-0.2, 0) is 12.2 Å². The van der Waals surface area contributed by atoms with Crippen molar-refractivity contribution in [3.8, 4) is 0 Å². The first kappa shape index (κ1) is 19.1. The van der Waals surface area contributed by atoms with Gasteiger partial charge in [-0.05, 0) is 36.0 Å². The molecule has 6 heteroatoms. The number of amides is 1. The van der Waals surface area contributed by atoms with E-state index < -0.39 is 5.66 Å². The van der Waals surface area contributed by atoms with E-state index in [4.69, 9.17) is 23.8 Å². The Kier molecular flexibility index (Phi) is 4.72. The standard InChI is InChI=1S/C24H20ClN3OS/c25-19-12-10-18(11-13-19)24-21-9-5-4-8-20(21)22(29)27(24)14-15-28(24)23(30)26-16-17-6-2-1-3-7-17/h1-13H,14-16H2,(H,26,30). The first-order chi connectivity index (χ1) is 14.6. The molecule has 1 amide bonds. The van der Waals surface area contributed by atoms with Crippen LogP contribution in [0.1, 0.15) is 27.0 Å². The van der Waals surface area contributed by atoms with E-state index in [1.165, 1.54) is 0 Å². The van der Waals surface area contributed by atoms with Gasteiger partial charge in [-0.25, -0.2) is 0 Å². The van der Waals surface area contributed by atoms with Gasteiger partial charge in [0.25, 0.3) is 5.91 Å². The van der Waals surface area contributed by atoms with Crippen LogP contribution in [0.25, 0.3) is 0 Å². The van der Waals surface area contributed by atoms with Crippen molar-refractivity contribution in [2.75, 3.05) is 13.1 Å². The lowest BCUT2D eigenvalue weighted by atomic mass is 9.90. The SMILES string of the molecule is O=C1c2ccccc2C2(c3ccc(Cl)cc3)N1CCN2C(=S)NCc1ccccc1. The summed E-state index contributed by atoms with van der Waals surface area (Å²) in [5.74, 6) is 0.0360. The van der Waals surface area contributed by atoms with E-state index in [0.717, 1.165) is 22.3 Å². The maximum atomic E-state index is 13.3. The molecule has 1 fully saturated rings. The Labute approximate surface area is 186 Å². The third kappa shape index (κ3) is 2.81. The minimum Gasteiger partial charge on any atom is -0.358 e. The third-order valence-electron chi connectivity index (χ3n) is 5.89. The minimum atomic E-state index is -0.765. The van der Waals surface area contributed by atoms with Crippen molar-refractivity contribution < 1.29 is 4.79 Å². The average molecular weight is 434 g/mol. The smallest absolute Gasteiger partial charge is 0.256 e. The van der Waals surface area contributed by atoms with Crippen molar-refractivity contribution >= 4 is 34.8 Å². The number of nitrogens with one attached hydrogen (secondary N) is 1. The van der Waals surface area contributed by atoms with Gasteiger partial charge in [0, 0.05) is 41.3 Å². The Morgan fingerprint density at radius 3 is 2.43 bits per heavy atom. The van der Waals surface area contributed by atoms with Crippen LogP contribution in [0, 0.1) is 0 Å². The van der Waals surface area contributed by atoms with E-state index >= 15 is 0 Å². The largest absolute Gasteiger partial charge is 0.358 e. The Morgan fingerprint density at radius 1 is 0.967 bits per heavy atom. The molecular formula is C24H20ClN3OS. The molecule has 3 aromatic rings. The summed E-state index contributed by atoms with van der Waals surface area (Å²) in [6.45, 7) is 1.88. The van der Waals surface area contributed by atoms with Crippen LogP contribution >= 0.6 is 23.8 Å². The molecule has 2 aliphatic rings. The van der Waals surface area contributed by atoms with E-state index in [0.29, 0.717) is 29.8 Å². The summed E-state index contributed by atoms with van der Waals surface area (Å²) in [5.41, 5.74) is 3.05. The average Bonchev–Trinajstić information content (AvgIpc) is 3.29. The molecule has 0 saturated carbocycles. The van der Waals surface area contributed by atoms with Gasteiger partial charge in [-0.1, -0.05) is 72.3 Å². The van der Waals surface area contributed by atoms with Gasteiger partial charge in [-0.3, -0.25) is 4.79 Å². The highest BCUT2D eigenvalue weighted by atomic mass is 35.5. The quantitative estimate of drug-likeness (QED) is 0.621. The van der Waals surface area contributed by atoms with Gasteiger partial charge in [0.2, 0.25) is 0 Å². The second kappa shape index (κ2) is 7.42. The fourth-order valence-corrected chi connectivity index (χ4v) is 5.02. The molecule has 4 nitrogen and oxygen atoms in total. The number of hydrogen-bond donors (Lipinski definition) is 1. The van der Waals surface area contributed by atoms with Crippen molar-refractivity contribution in [3.05, 3.63) is 106 Å². The predicted octanol–water partition coefficient (Wildman–Crippen LogP) is 4.39. The second-order valence-electron chi connectivity index (χ2n) is 7.48. The maximum Gasteiger partial charge on any atom is 0.256 e. The lowest BCUT2D eigenvalue weighted by molar-refractivity contribution is 0.0600. The number of nitrogens with zero attached hydrogens (tertiary/aromatic N) is 2. The zero-order chi connectivity index (χ0) is 20.7. The fourth-order valence-electron chi connectivity index (χ4n) is 4.59. The molecule has 5 rings (SSSR count). The number of thiocarbonyl (C=S) groups is 1. The van der Waals surface area contributed by atoms with Crippen molar-refractivity contribution in [2.24, 2.45) is 0 Å². The van der Waals surface area contributed by atoms with Gasteiger partial charge < -0.3 is 15.1 Å². The zero-order valence-electron chi connectivity index (χ0n) is 16.2. The van der Waals surface area contributed by atoms with E-state index in [9.17, 15) is 4.79 Å². The summed E-state index contributed by atoms with van der Waals surface area (Å²) in [7, 11) is 0.